The summed E-state index contributed by atoms with van der Waals surface area (Å²) in [5.41, 5.74) is 5.99. The summed E-state index contributed by atoms with van der Waals surface area (Å²) in [5.74, 6) is 0.476. The van der Waals surface area contributed by atoms with Gasteiger partial charge in [0, 0.05) is 49.7 Å². The molecule has 1 saturated heterocycles. The van der Waals surface area contributed by atoms with Crippen molar-refractivity contribution in [2.45, 2.75) is 31.7 Å². The van der Waals surface area contributed by atoms with Crippen LogP contribution in [0.4, 0.5) is 5.13 Å². The van der Waals surface area contributed by atoms with Crippen molar-refractivity contribution in [1.29, 1.82) is 0 Å². The average molecular weight is 294 g/mol. The van der Waals surface area contributed by atoms with Crippen molar-refractivity contribution in [3.8, 4) is 0 Å². The summed E-state index contributed by atoms with van der Waals surface area (Å²) in [6, 6.07) is 0.217. The van der Waals surface area contributed by atoms with Gasteiger partial charge < -0.3 is 15.5 Å². The minimum atomic E-state index is 0.158. The minimum Gasteiger partial charge on any atom is -0.345 e. The van der Waals surface area contributed by atoms with E-state index in [-0.39, 0.29) is 12.0 Å². The molecule has 1 aliphatic heterocycles. The number of nitrogens with zero attached hydrogens (tertiary/aromatic N) is 3. The zero-order valence-electron chi connectivity index (χ0n) is 11.7. The summed E-state index contributed by atoms with van der Waals surface area (Å²) in [5, 5.41) is 3.06. The van der Waals surface area contributed by atoms with Crippen LogP contribution in [-0.2, 0) is 4.79 Å². The predicted octanol–water partition coefficient (Wildman–Crippen LogP) is 1.31. The molecule has 1 aliphatic carbocycles. The van der Waals surface area contributed by atoms with Gasteiger partial charge in [-0.15, -0.1) is 11.3 Å². The Morgan fingerprint density at radius 2 is 2.10 bits per heavy atom. The fourth-order valence-corrected chi connectivity index (χ4v) is 3.90. The molecule has 2 aliphatic rings. The molecule has 2 heterocycles. The molecule has 20 heavy (non-hydrogen) atoms. The molecular formula is C14H22N4OS. The summed E-state index contributed by atoms with van der Waals surface area (Å²) in [7, 11) is 0. The van der Waals surface area contributed by atoms with Crippen molar-refractivity contribution in [1.82, 2.24) is 9.88 Å². The molecular weight excluding hydrogens is 272 g/mol. The Morgan fingerprint density at radius 3 is 2.75 bits per heavy atom. The lowest BCUT2D eigenvalue weighted by atomic mass is 9.85. The molecule has 0 radical (unpaired) electrons. The maximum absolute atomic E-state index is 12.5. The molecule has 0 aromatic carbocycles. The first-order chi connectivity index (χ1) is 9.74. The van der Waals surface area contributed by atoms with Crippen LogP contribution in [0.1, 0.15) is 25.7 Å². The Kier molecular flexibility index (Phi) is 4.21. The number of thiazole rings is 1. The van der Waals surface area contributed by atoms with Gasteiger partial charge >= 0.3 is 0 Å². The Morgan fingerprint density at radius 1 is 1.30 bits per heavy atom. The Hall–Kier alpha value is -1.14. The molecule has 2 unspecified atom stereocenters. The van der Waals surface area contributed by atoms with Gasteiger partial charge in [-0.1, -0.05) is 6.42 Å². The van der Waals surface area contributed by atoms with E-state index in [1.807, 2.05) is 16.5 Å². The fourth-order valence-electron chi connectivity index (χ4n) is 3.20. The number of amides is 1. The van der Waals surface area contributed by atoms with Gasteiger partial charge in [0.25, 0.3) is 0 Å². The second-order valence-electron chi connectivity index (χ2n) is 5.75. The fraction of sp³-hybridized carbons (Fsp3) is 0.714. The molecule has 0 spiro atoms. The second-order valence-corrected chi connectivity index (χ2v) is 6.62. The minimum absolute atomic E-state index is 0.158. The molecule has 3 rings (SSSR count). The quantitative estimate of drug-likeness (QED) is 0.893. The topological polar surface area (TPSA) is 62.5 Å². The lowest BCUT2D eigenvalue weighted by Crippen LogP contribution is -2.51. The SMILES string of the molecule is NC1CCCC(C(=O)N2CCN(c3nccs3)CC2)C1. The number of piperazine rings is 1. The summed E-state index contributed by atoms with van der Waals surface area (Å²) in [4.78, 5) is 21.2. The van der Waals surface area contributed by atoms with Crippen LogP contribution < -0.4 is 10.6 Å². The number of anilines is 1. The van der Waals surface area contributed by atoms with Crippen molar-refractivity contribution in [3.63, 3.8) is 0 Å². The molecule has 2 fully saturated rings. The highest BCUT2D eigenvalue weighted by molar-refractivity contribution is 7.13. The zero-order chi connectivity index (χ0) is 13.9. The number of carbonyl (C=O) groups excluding carboxylic acids is 1. The van der Waals surface area contributed by atoms with E-state index in [9.17, 15) is 4.79 Å². The maximum atomic E-state index is 12.5. The van der Waals surface area contributed by atoms with Gasteiger partial charge in [0.1, 0.15) is 0 Å². The van der Waals surface area contributed by atoms with Crippen LogP contribution in [0.2, 0.25) is 0 Å². The van der Waals surface area contributed by atoms with Crippen LogP contribution in [0.5, 0.6) is 0 Å². The number of rotatable bonds is 2. The van der Waals surface area contributed by atoms with E-state index in [0.29, 0.717) is 5.91 Å². The molecule has 2 atom stereocenters. The lowest BCUT2D eigenvalue weighted by Gasteiger charge is -2.37. The van der Waals surface area contributed by atoms with Crippen molar-refractivity contribution < 1.29 is 4.79 Å². The first-order valence-electron chi connectivity index (χ1n) is 7.43. The van der Waals surface area contributed by atoms with Crippen LogP contribution in [0, 0.1) is 5.92 Å². The van der Waals surface area contributed by atoms with Crippen LogP contribution in [0.25, 0.3) is 0 Å². The zero-order valence-corrected chi connectivity index (χ0v) is 12.5. The van der Waals surface area contributed by atoms with E-state index in [4.69, 9.17) is 5.73 Å². The van der Waals surface area contributed by atoms with Gasteiger partial charge in [-0.2, -0.15) is 0 Å². The maximum Gasteiger partial charge on any atom is 0.225 e. The van der Waals surface area contributed by atoms with Crippen LogP contribution in [0.3, 0.4) is 0 Å². The Labute approximate surface area is 123 Å². The van der Waals surface area contributed by atoms with Crippen molar-refractivity contribution in [2.24, 2.45) is 11.7 Å². The monoisotopic (exact) mass is 294 g/mol. The van der Waals surface area contributed by atoms with Crippen molar-refractivity contribution >= 4 is 22.4 Å². The average Bonchev–Trinajstić information content (AvgIpc) is 3.01. The molecule has 6 heteroatoms. The van der Waals surface area contributed by atoms with E-state index in [1.54, 1.807) is 11.3 Å². The third-order valence-corrected chi connectivity index (χ3v) is 5.18. The smallest absolute Gasteiger partial charge is 0.225 e. The standard InChI is InChI=1S/C14H22N4OS/c15-12-3-1-2-11(10-12)13(19)17-5-7-18(8-6-17)14-16-4-9-20-14/h4,9,11-12H,1-3,5-8,10,15H2. The summed E-state index contributed by atoms with van der Waals surface area (Å²) < 4.78 is 0. The molecule has 110 valence electrons. The summed E-state index contributed by atoms with van der Waals surface area (Å²) in [6.45, 7) is 3.39. The van der Waals surface area contributed by atoms with Crippen molar-refractivity contribution in [2.75, 3.05) is 31.1 Å². The molecule has 1 amide bonds. The van der Waals surface area contributed by atoms with Crippen LogP contribution in [0.15, 0.2) is 11.6 Å². The van der Waals surface area contributed by atoms with Gasteiger partial charge in [0.2, 0.25) is 5.91 Å². The van der Waals surface area contributed by atoms with Crippen LogP contribution >= 0.6 is 11.3 Å². The second kappa shape index (κ2) is 6.10. The summed E-state index contributed by atoms with van der Waals surface area (Å²) in [6.07, 6.45) is 5.88. The van der Waals surface area contributed by atoms with E-state index < -0.39 is 0 Å². The highest BCUT2D eigenvalue weighted by atomic mass is 32.1. The van der Waals surface area contributed by atoms with Crippen LogP contribution in [-0.4, -0.2) is 48.0 Å². The van der Waals surface area contributed by atoms with Gasteiger partial charge in [0.15, 0.2) is 5.13 Å². The molecule has 1 saturated carbocycles. The first-order valence-corrected chi connectivity index (χ1v) is 8.31. The third-order valence-electron chi connectivity index (χ3n) is 4.35. The predicted molar refractivity (Wildman–Crippen MR) is 80.8 cm³/mol. The first kappa shape index (κ1) is 13.8. The normalized spacial score (nSPS) is 27.6. The van der Waals surface area contributed by atoms with Gasteiger partial charge in [-0.05, 0) is 19.3 Å². The highest BCUT2D eigenvalue weighted by Crippen LogP contribution is 2.26. The van der Waals surface area contributed by atoms with E-state index in [1.165, 1.54) is 0 Å². The van der Waals surface area contributed by atoms with E-state index >= 15 is 0 Å². The van der Waals surface area contributed by atoms with Gasteiger partial charge in [0.05, 0.1) is 0 Å². The highest BCUT2D eigenvalue weighted by Gasteiger charge is 2.30. The third kappa shape index (κ3) is 2.96. The molecule has 1 aromatic heterocycles. The number of carbonyl (C=O) groups is 1. The lowest BCUT2D eigenvalue weighted by molar-refractivity contribution is -0.137. The van der Waals surface area contributed by atoms with E-state index in [2.05, 4.69) is 9.88 Å². The number of hydrogen-bond donors (Lipinski definition) is 1. The van der Waals surface area contributed by atoms with Crippen molar-refractivity contribution in [3.05, 3.63) is 11.6 Å². The largest absolute Gasteiger partial charge is 0.345 e. The Balaban J connectivity index is 1.53. The molecule has 0 bridgehead atoms. The molecule has 1 aromatic rings. The number of nitrogens with two attached hydrogens (primary N) is 1. The van der Waals surface area contributed by atoms with Gasteiger partial charge in [-0.25, -0.2) is 4.98 Å². The summed E-state index contributed by atoms with van der Waals surface area (Å²) >= 11 is 1.66. The number of aromatic nitrogens is 1. The Bertz CT molecular complexity index is 442. The molecule has 5 nitrogen and oxygen atoms in total. The molecule has 2 N–H and O–H groups in total. The van der Waals surface area contributed by atoms with Gasteiger partial charge in [-0.3, -0.25) is 4.79 Å². The van der Waals surface area contributed by atoms with E-state index in [0.717, 1.165) is 57.0 Å². The number of hydrogen-bond acceptors (Lipinski definition) is 5.